The molecule has 0 bridgehead atoms. The highest BCUT2D eigenvalue weighted by Gasteiger charge is 2.47. The molecule has 3 amide bonds. The summed E-state index contributed by atoms with van der Waals surface area (Å²) in [4.78, 5) is 26.1. The van der Waals surface area contributed by atoms with Crippen LogP contribution in [0.4, 0.5) is 19.3 Å². The topological polar surface area (TPSA) is 49.9 Å². The second-order valence-corrected chi connectivity index (χ2v) is 4.93. The number of carbonyl (C=O) groups excluding carboxylic acids is 2. The van der Waals surface area contributed by atoms with E-state index in [2.05, 4.69) is 0 Å². The van der Waals surface area contributed by atoms with Gasteiger partial charge in [0.05, 0.1) is 5.69 Å². The fourth-order valence-corrected chi connectivity index (χ4v) is 2.26. The Kier molecular flexibility index (Phi) is 3.69. The molecule has 1 atom stereocenters. The van der Waals surface area contributed by atoms with E-state index in [1.807, 2.05) is 0 Å². The Morgan fingerprint density at radius 3 is 2.43 bits per heavy atom. The van der Waals surface area contributed by atoms with Crippen LogP contribution in [0.3, 0.4) is 0 Å². The third-order valence-electron chi connectivity index (χ3n) is 3.43. The van der Waals surface area contributed by atoms with Gasteiger partial charge >= 0.3 is 6.03 Å². The number of benzene rings is 2. The van der Waals surface area contributed by atoms with Crippen LogP contribution in [0, 0.1) is 11.6 Å². The summed E-state index contributed by atoms with van der Waals surface area (Å²) in [5.41, 5.74) is -0.353. The van der Waals surface area contributed by atoms with Gasteiger partial charge in [-0.15, -0.1) is 0 Å². The summed E-state index contributed by atoms with van der Waals surface area (Å²) >= 11 is 0. The Morgan fingerprint density at radius 1 is 1.04 bits per heavy atom. The van der Waals surface area contributed by atoms with Gasteiger partial charge < -0.3 is 4.74 Å². The zero-order valence-corrected chi connectivity index (χ0v) is 12.1. The van der Waals surface area contributed by atoms with Crippen LogP contribution in [0.5, 0.6) is 5.75 Å². The summed E-state index contributed by atoms with van der Waals surface area (Å²) in [6.07, 6.45) is -1.40. The number of carbonyl (C=O) groups is 2. The van der Waals surface area contributed by atoms with Gasteiger partial charge in [-0.1, -0.05) is 18.2 Å². The first-order chi connectivity index (χ1) is 11.0. The molecule has 0 N–H and O–H groups in total. The Hall–Kier alpha value is -2.96. The van der Waals surface area contributed by atoms with Gasteiger partial charge in [-0.2, -0.15) is 0 Å². The van der Waals surface area contributed by atoms with E-state index in [0.29, 0.717) is 5.75 Å². The van der Waals surface area contributed by atoms with E-state index in [4.69, 9.17) is 4.74 Å². The average Bonchev–Trinajstić information content (AvgIpc) is 2.75. The molecule has 1 aliphatic heterocycles. The number of imide groups is 1. The van der Waals surface area contributed by atoms with Crippen LogP contribution < -0.4 is 9.64 Å². The molecule has 5 nitrogen and oxygen atoms in total. The molecule has 1 heterocycles. The van der Waals surface area contributed by atoms with Crippen LogP contribution >= 0.6 is 0 Å². The molecule has 2 aromatic carbocycles. The molecule has 1 fully saturated rings. The number of nitrogens with zero attached hydrogens (tertiary/aromatic N) is 2. The van der Waals surface area contributed by atoms with Crippen molar-refractivity contribution in [3.8, 4) is 5.75 Å². The molecular formula is C16H12F2N2O3. The predicted molar refractivity (Wildman–Crippen MR) is 77.9 cm³/mol. The van der Waals surface area contributed by atoms with Crippen LogP contribution in [0.25, 0.3) is 0 Å². The maximum absolute atomic E-state index is 14.0. The first-order valence-corrected chi connectivity index (χ1v) is 6.76. The number of ether oxygens (including phenoxy) is 1. The SMILES string of the molecule is CN1C(=O)C(Oc2ccccc2)N(c2cc(F)ccc2F)C1=O. The smallest absolute Gasteiger partial charge is 0.334 e. The lowest BCUT2D eigenvalue weighted by atomic mass is 10.2. The normalized spacial score (nSPS) is 17.8. The van der Waals surface area contributed by atoms with Crippen molar-refractivity contribution in [3.63, 3.8) is 0 Å². The van der Waals surface area contributed by atoms with Crippen molar-refractivity contribution in [3.05, 3.63) is 60.2 Å². The lowest BCUT2D eigenvalue weighted by Gasteiger charge is -2.22. The molecule has 7 heteroatoms. The fraction of sp³-hybridized carbons (Fsp3) is 0.125. The Labute approximate surface area is 130 Å². The summed E-state index contributed by atoms with van der Waals surface area (Å²) < 4.78 is 33.0. The highest BCUT2D eigenvalue weighted by atomic mass is 19.1. The van der Waals surface area contributed by atoms with Crippen LogP contribution in [0.2, 0.25) is 0 Å². The first kappa shape index (κ1) is 15.0. The summed E-state index contributed by atoms with van der Waals surface area (Å²) in [6, 6.07) is 10.2. The quantitative estimate of drug-likeness (QED) is 0.818. The summed E-state index contributed by atoms with van der Waals surface area (Å²) in [7, 11) is 1.25. The van der Waals surface area contributed by atoms with Gasteiger partial charge in [0, 0.05) is 13.1 Å². The molecule has 0 saturated carbocycles. The molecule has 0 aromatic heterocycles. The molecule has 0 radical (unpaired) electrons. The second kappa shape index (κ2) is 5.68. The van der Waals surface area contributed by atoms with E-state index in [1.54, 1.807) is 30.3 Å². The number of urea groups is 1. The van der Waals surface area contributed by atoms with Crippen LogP contribution in [-0.4, -0.2) is 30.1 Å². The van der Waals surface area contributed by atoms with E-state index < -0.39 is 29.8 Å². The summed E-state index contributed by atoms with van der Waals surface area (Å²) in [6.45, 7) is 0. The molecule has 23 heavy (non-hydrogen) atoms. The van der Waals surface area contributed by atoms with E-state index in [1.165, 1.54) is 7.05 Å². The highest BCUT2D eigenvalue weighted by Crippen LogP contribution is 2.29. The molecule has 1 unspecified atom stereocenters. The number of hydrogen-bond acceptors (Lipinski definition) is 3. The number of hydrogen-bond donors (Lipinski definition) is 0. The van der Waals surface area contributed by atoms with Crippen molar-refractivity contribution in [1.82, 2.24) is 4.90 Å². The Bertz CT molecular complexity index is 767. The maximum Gasteiger partial charge on any atom is 0.334 e. The Morgan fingerprint density at radius 2 is 1.74 bits per heavy atom. The minimum atomic E-state index is -1.40. The number of halogens is 2. The van der Waals surface area contributed by atoms with Crippen molar-refractivity contribution in [2.75, 3.05) is 11.9 Å². The first-order valence-electron chi connectivity index (χ1n) is 6.76. The van der Waals surface area contributed by atoms with Crippen molar-refractivity contribution >= 4 is 17.6 Å². The summed E-state index contributed by atoms with van der Waals surface area (Å²) in [5.74, 6) is -1.89. The molecular weight excluding hydrogens is 306 g/mol. The maximum atomic E-state index is 14.0. The molecule has 0 spiro atoms. The standard InChI is InChI=1S/C16H12F2N2O3/c1-19-14(21)15(23-11-5-3-2-4-6-11)20(16(19)22)13-9-10(17)7-8-12(13)18/h2-9,15H,1H3. The van der Waals surface area contributed by atoms with Gasteiger partial charge in [0.25, 0.3) is 12.1 Å². The van der Waals surface area contributed by atoms with Crippen LogP contribution in [-0.2, 0) is 4.79 Å². The van der Waals surface area contributed by atoms with Crippen molar-refractivity contribution in [2.24, 2.45) is 0 Å². The van der Waals surface area contributed by atoms with Gasteiger partial charge in [0.2, 0.25) is 0 Å². The van der Waals surface area contributed by atoms with Crippen molar-refractivity contribution < 1.29 is 23.1 Å². The van der Waals surface area contributed by atoms with E-state index in [-0.39, 0.29) is 5.69 Å². The molecule has 1 saturated heterocycles. The van der Waals surface area contributed by atoms with Gasteiger partial charge in [-0.3, -0.25) is 9.69 Å². The van der Waals surface area contributed by atoms with Gasteiger partial charge in [-0.05, 0) is 24.3 Å². The fourth-order valence-electron chi connectivity index (χ4n) is 2.26. The van der Waals surface area contributed by atoms with E-state index in [0.717, 1.165) is 28.0 Å². The molecule has 0 aliphatic carbocycles. The highest BCUT2D eigenvalue weighted by molar-refractivity contribution is 6.13. The number of para-hydroxylation sites is 1. The van der Waals surface area contributed by atoms with Crippen molar-refractivity contribution in [1.29, 1.82) is 0 Å². The third-order valence-corrected chi connectivity index (χ3v) is 3.43. The van der Waals surface area contributed by atoms with Crippen LogP contribution in [0.15, 0.2) is 48.5 Å². The Balaban J connectivity index is 2.02. The second-order valence-electron chi connectivity index (χ2n) is 4.93. The number of amides is 3. The molecule has 118 valence electrons. The van der Waals surface area contributed by atoms with Gasteiger partial charge in [0.15, 0.2) is 0 Å². The third kappa shape index (κ3) is 2.61. The van der Waals surface area contributed by atoms with Gasteiger partial charge in [-0.25, -0.2) is 18.5 Å². The lowest BCUT2D eigenvalue weighted by Crippen LogP contribution is -2.40. The van der Waals surface area contributed by atoms with E-state index >= 15 is 0 Å². The number of anilines is 1. The minimum absolute atomic E-state index is 0.329. The van der Waals surface area contributed by atoms with Crippen molar-refractivity contribution in [2.45, 2.75) is 6.23 Å². The molecule has 2 aromatic rings. The number of likely N-dealkylation sites (N-methyl/N-ethyl adjacent to an activating group) is 1. The largest absolute Gasteiger partial charge is 0.460 e. The zero-order valence-electron chi connectivity index (χ0n) is 12.1. The van der Waals surface area contributed by atoms with Crippen LogP contribution in [0.1, 0.15) is 0 Å². The lowest BCUT2D eigenvalue weighted by molar-refractivity contribution is -0.131. The zero-order chi connectivity index (χ0) is 16.6. The monoisotopic (exact) mass is 318 g/mol. The van der Waals surface area contributed by atoms with Gasteiger partial charge in [0.1, 0.15) is 17.4 Å². The number of rotatable bonds is 3. The molecule has 1 aliphatic rings. The minimum Gasteiger partial charge on any atom is -0.460 e. The van der Waals surface area contributed by atoms with E-state index in [9.17, 15) is 18.4 Å². The summed E-state index contributed by atoms with van der Waals surface area (Å²) in [5, 5.41) is 0. The molecule has 3 rings (SSSR count). The average molecular weight is 318 g/mol. The predicted octanol–water partition coefficient (Wildman–Crippen LogP) is 2.77.